The summed E-state index contributed by atoms with van der Waals surface area (Å²) in [6.07, 6.45) is 7.37. The second kappa shape index (κ2) is 6.26. The van der Waals surface area contributed by atoms with Gasteiger partial charge in [0.15, 0.2) is 0 Å². The van der Waals surface area contributed by atoms with Crippen LogP contribution >= 0.6 is 0 Å². The van der Waals surface area contributed by atoms with Crippen LogP contribution in [0.1, 0.15) is 51.4 Å². The topological polar surface area (TPSA) is 95.2 Å². The average molecular weight is 276 g/mol. The van der Waals surface area contributed by atoms with Crippen molar-refractivity contribution in [1.29, 1.82) is 21.0 Å². The van der Waals surface area contributed by atoms with Crippen LogP contribution in [0.25, 0.3) is 0 Å². The van der Waals surface area contributed by atoms with Crippen molar-refractivity contribution in [2.75, 3.05) is 0 Å². The van der Waals surface area contributed by atoms with Crippen LogP contribution in [0.4, 0.5) is 0 Å². The Labute approximate surface area is 125 Å². The highest BCUT2D eigenvalue weighted by molar-refractivity contribution is 5.42. The van der Waals surface area contributed by atoms with Crippen LogP contribution in [0.5, 0.6) is 0 Å². The third-order valence-corrected chi connectivity index (χ3v) is 4.98. The van der Waals surface area contributed by atoms with E-state index < -0.39 is 0 Å². The quantitative estimate of drug-likeness (QED) is 0.628. The number of hydrogen-bond donors (Lipinski definition) is 0. The fraction of sp³-hybridized carbons (Fsp3) is 0.529. The Morgan fingerprint density at radius 1 is 0.619 bits per heavy atom. The van der Waals surface area contributed by atoms with E-state index in [4.69, 9.17) is 21.0 Å². The summed E-state index contributed by atoms with van der Waals surface area (Å²) in [5.74, 6) is 0. The minimum Gasteiger partial charge on any atom is -0.192 e. The molecule has 0 N–H and O–H groups in total. The monoisotopic (exact) mass is 276 g/mol. The molecule has 0 aliphatic heterocycles. The zero-order valence-electron chi connectivity index (χ0n) is 11.9. The first-order valence-corrected chi connectivity index (χ1v) is 7.22. The normalized spacial score (nSPS) is 24.4. The Kier molecular flexibility index (Phi) is 4.42. The minimum absolute atomic E-state index is 0.277. The zero-order valence-corrected chi connectivity index (χ0v) is 11.9. The molecule has 0 bridgehead atoms. The molecule has 0 amide bonds. The van der Waals surface area contributed by atoms with Crippen molar-refractivity contribution in [3.63, 3.8) is 0 Å². The van der Waals surface area contributed by atoms with E-state index in [1.165, 1.54) is 0 Å². The van der Waals surface area contributed by atoms with Crippen molar-refractivity contribution in [1.82, 2.24) is 0 Å². The molecule has 104 valence electrons. The molecular weight excluding hydrogens is 260 g/mol. The summed E-state index contributed by atoms with van der Waals surface area (Å²) in [6, 6.07) is 7.96. The summed E-state index contributed by atoms with van der Waals surface area (Å²) in [6.45, 7) is 0. The molecule has 4 nitrogen and oxygen atoms in total. The SMILES string of the molecule is N#CC(C#N)=C1CCC2(CC1)CCC(=C(C#N)C#N)CC2. The summed E-state index contributed by atoms with van der Waals surface area (Å²) < 4.78 is 0. The number of nitriles is 4. The largest absolute Gasteiger partial charge is 0.192 e. The van der Waals surface area contributed by atoms with Gasteiger partial charge in [0.25, 0.3) is 0 Å². The Balaban J connectivity index is 2.06. The van der Waals surface area contributed by atoms with Gasteiger partial charge < -0.3 is 0 Å². The van der Waals surface area contributed by atoms with E-state index in [0.29, 0.717) is 0 Å². The smallest absolute Gasteiger partial charge is 0.128 e. The van der Waals surface area contributed by atoms with Gasteiger partial charge in [-0.15, -0.1) is 0 Å². The molecule has 0 aromatic carbocycles. The zero-order chi connectivity index (χ0) is 15.3. The van der Waals surface area contributed by atoms with Crippen molar-refractivity contribution in [2.24, 2.45) is 5.41 Å². The molecule has 2 rings (SSSR count). The van der Waals surface area contributed by atoms with Crippen LogP contribution in [0, 0.1) is 50.7 Å². The van der Waals surface area contributed by atoms with Gasteiger partial charge in [0.05, 0.1) is 0 Å². The predicted octanol–water partition coefficient (Wildman–Crippen LogP) is 3.81. The maximum Gasteiger partial charge on any atom is 0.128 e. The lowest BCUT2D eigenvalue weighted by Gasteiger charge is -2.42. The van der Waals surface area contributed by atoms with Crippen molar-refractivity contribution in [3.05, 3.63) is 22.3 Å². The van der Waals surface area contributed by atoms with E-state index in [1.807, 2.05) is 24.3 Å². The van der Waals surface area contributed by atoms with Crippen molar-refractivity contribution < 1.29 is 0 Å². The van der Waals surface area contributed by atoms with Gasteiger partial charge in [-0.05, 0) is 67.9 Å². The molecular formula is C17H16N4. The van der Waals surface area contributed by atoms with Crippen LogP contribution in [0.3, 0.4) is 0 Å². The van der Waals surface area contributed by atoms with Crippen molar-refractivity contribution in [2.45, 2.75) is 51.4 Å². The summed E-state index contributed by atoms with van der Waals surface area (Å²) in [5.41, 5.74) is 2.86. The van der Waals surface area contributed by atoms with E-state index in [0.717, 1.165) is 62.5 Å². The highest BCUT2D eigenvalue weighted by Gasteiger charge is 2.37. The molecule has 2 fully saturated rings. The number of allylic oxidation sites excluding steroid dienone is 4. The van der Waals surface area contributed by atoms with Crippen LogP contribution < -0.4 is 0 Å². The van der Waals surface area contributed by atoms with Gasteiger partial charge in [0.1, 0.15) is 35.4 Å². The van der Waals surface area contributed by atoms with Crippen LogP contribution in [0.2, 0.25) is 0 Å². The molecule has 2 aliphatic carbocycles. The van der Waals surface area contributed by atoms with Gasteiger partial charge in [-0.2, -0.15) is 21.0 Å². The Hall–Kier alpha value is -2.56. The third kappa shape index (κ3) is 2.97. The highest BCUT2D eigenvalue weighted by atomic mass is 14.4. The molecule has 21 heavy (non-hydrogen) atoms. The van der Waals surface area contributed by atoms with Gasteiger partial charge in [0, 0.05) is 0 Å². The molecule has 0 unspecified atom stereocenters. The molecule has 0 aromatic heterocycles. The summed E-state index contributed by atoms with van der Waals surface area (Å²) >= 11 is 0. The fourth-order valence-electron chi connectivity index (χ4n) is 3.53. The maximum atomic E-state index is 8.93. The second-order valence-corrected chi connectivity index (χ2v) is 5.90. The summed E-state index contributed by atoms with van der Waals surface area (Å²) in [7, 11) is 0. The van der Waals surface area contributed by atoms with Crippen molar-refractivity contribution in [3.8, 4) is 24.3 Å². The Bertz CT molecular complexity index is 552. The van der Waals surface area contributed by atoms with Crippen molar-refractivity contribution >= 4 is 0 Å². The van der Waals surface area contributed by atoms with Gasteiger partial charge in [-0.3, -0.25) is 0 Å². The lowest BCUT2D eigenvalue weighted by molar-refractivity contribution is 0.161. The molecule has 2 aliphatic rings. The van der Waals surface area contributed by atoms with E-state index in [1.54, 1.807) is 0 Å². The number of rotatable bonds is 0. The average Bonchev–Trinajstić information content (AvgIpc) is 2.53. The first-order chi connectivity index (χ1) is 10.2. The minimum atomic E-state index is 0.277. The van der Waals surface area contributed by atoms with E-state index in [9.17, 15) is 0 Å². The third-order valence-electron chi connectivity index (χ3n) is 4.98. The molecule has 0 aromatic rings. The molecule has 2 saturated carbocycles. The Morgan fingerprint density at radius 3 is 1.14 bits per heavy atom. The van der Waals surface area contributed by atoms with Gasteiger partial charge in [-0.25, -0.2) is 0 Å². The molecule has 1 spiro atoms. The molecule has 0 radical (unpaired) electrons. The first-order valence-electron chi connectivity index (χ1n) is 7.22. The van der Waals surface area contributed by atoms with E-state index in [2.05, 4.69) is 0 Å². The van der Waals surface area contributed by atoms with E-state index in [-0.39, 0.29) is 16.6 Å². The van der Waals surface area contributed by atoms with E-state index >= 15 is 0 Å². The number of hydrogen-bond acceptors (Lipinski definition) is 4. The molecule has 4 heteroatoms. The predicted molar refractivity (Wildman–Crippen MR) is 75.9 cm³/mol. The summed E-state index contributed by atoms with van der Waals surface area (Å²) in [5, 5.41) is 35.7. The van der Waals surface area contributed by atoms with Gasteiger partial charge in [-0.1, -0.05) is 0 Å². The highest BCUT2D eigenvalue weighted by Crippen LogP contribution is 2.50. The van der Waals surface area contributed by atoms with Gasteiger partial charge >= 0.3 is 0 Å². The maximum absolute atomic E-state index is 8.93. The van der Waals surface area contributed by atoms with Crippen LogP contribution in [-0.2, 0) is 0 Å². The van der Waals surface area contributed by atoms with Crippen LogP contribution in [0.15, 0.2) is 22.3 Å². The number of nitrogens with zero attached hydrogens (tertiary/aromatic N) is 4. The van der Waals surface area contributed by atoms with Gasteiger partial charge in [0.2, 0.25) is 0 Å². The standard InChI is InChI=1S/C17H16N4/c18-9-15(10-19)13-1-5-17(6-2-13)7-3-14(4-8-17)16(11-20)12-21/h1-8H2. The Morgan fingerprint density at radius 2 is 0.905 bits per heavy atom. The van der Waals surface area contributed by atoms with Crippen LogP contribution in [-0.4, -0.2) is 0 Å². The lowest BCUT2D eigenvalue weighted by atomic mass is 9.63. The first kappa shape index (κ1) is 14.8. The lowest BCUT2D eigenvalue weighted by Crippen LogP contribution is -2.28. The second-order valence-electron chi connectivity index (χ2n) is 5.90. The molecule has 0 atom stereocenters. The molecule has 0 saturated heterocycles. The fourth-order valence-corrected chi connectivity index (χ4v) is 3.53. The summed E-state index contributed by atoms with van der Waals surface area (Å²) in [4.78, 5) is 0. The molecule has 0 heterocycles.